The van der Waals surface area contributed by atoms with E-state index in [0.29, 0.717) is 17.6 Å². The van der Waals surface area contributed by atoms with E-state index in [4.69, 9.17) is 20.2 Å². The number of benzene rings is 1. The number of ether oxygens (including phenoxy) is 2. The Labute approximate surface area is 210 Å². The number of aromatic nitrogens is 3. The molecule has 2 N–H and O–H groups in total. The average Bonchev–Trinajstić information content (AvgIpc) is 3.21. The molecular formula is C25H33N5O2S2. The van der Waals surface area contributed by atoms with Crippen LogP contribution in [0.1, 0.15) is 47.7 Å². The number of hydrogen-bond acceptors (Lipinski definition) is 9. The van der Waals surface area contributed by atoms with Gasteiger partial charge in [0.1, 0.15) is 17.4 Å². The van der Waals surface area contributed by atoms with Gasteiger partial charge < -0.3 is 15.2 Å². The van der Waals surface area contributed by atoms with Gasteiger partial charge >= 0.3 is 0 Å². The number of anilines is 1. The van der Waals surface area contributed by atoms with Gasteiger partial charge in [0.05, 0.1) is 18.1 Å². The Hall–Kier alpha value is -2.36. The number of nitrogens with two attached hydrogens (primary N) is 1. The molecule has 7 nitrogen and oxygen atoms in total. The van der Waals surface area contributed by atoms with Crippen molar-refractivity contribution in [1.82, 2.24) is 19.9 Å². The molecule has 1 atom stereocenters. The Morgan fingerprint density at radius 2 is 1.88 bits per heavy atom. The van der Waals surface area contributed by atoms with E-state index in [-0.39, 0.29) is 5.25 Å². The van der Waals surface area contributed by atoms with Gasteiger partial charge in [-0.25, -0.2) is 15.0 Å². The molecule has 1 aliphatic heterocycles. The van der Waals surface area contributed by atoms with Crippen molar-refractivity contribution in [2.24, 2.45) is 0 Å². The van der Waals surface area contributed by atoms with Crippen molar-refractivity contribution in [3.63, 3.8) is 0 Å². The molecule has 0 aliphatic carbocycles. The van der Waals surface area contributed by atoms with Crippen molar-refractivity contribution < 1.29 is 9.47 Å². The molecule has 0 saturated carbocycles. The number of nitrogen functional groups attached to an aromatic ring is 1. The third-order valence-electron chi connectivity index (χ3n) is 5.88. The Kier molecular flexibility index (Phi) is 8.28. The topological polar surface area (TPSA) is 86.4 Å². The highest BCUT2D eigenvalue weighted by atomic mass is 32.2. The van der Waals surface area contributed by atoms with Gasteiger partial charge in [-0.05, 0) is 64.9 Å². The van der Waals surface area contributed by atoms with Crippen molar-refractivity contribution in [3.8, 4) is 22.1 Å². The molecule has 1 unspecified atom stereocenters. The molecule has 3 heterocycles. The van der Waals surface area contributed by atoms with Crippen LogP contribution in [0.4, 0.5) is 5.82 Å². The molecular weight excluding hydrogens is 466 g/mol. The van der Waals surface area contributed by atoms with Gasteiger partial charge in [0.2, 0.25) is 0 Å². The molecule has 34 heavy (non-hydrogen) atoms. The van der Waals surface area contributed by atoms with Crippen LogP contribution in [0.15, 0.2) is 29.4 Å². The molecule has 0 spiro atoms. The summed E-state index contributed by atoms with van der Waals surface area (Å²) in [4.78, 5) is 17.5. The lowest BCUT2D eigenvalue weighted by atomic mass is 10.1. The SMILES string of the molecule is COc1ccc(-c2nc(C(C)Sc3nc(C)cc(N)n3)c(C)s2)cc1OCCN1CCCCC1. The zero-order chi connectivity index (χ0) is 24.1. The first-order chi connectivity index (χ1) is 16.4. The number of rotatable bonds is 9. The van der Waals surface area contributed by atoms with Crippen LogP contribution >= 0.6 is 23.1 Å². The first-order valence-corrected chi connectivity index (χ1v) is 13.4. The van der Waals surface area contributed by atoms with Gasteiger partial charge in [0.15, 0.2) is 16.7 Å². The molecule has 0 bridgehead atoms. The summed E-state index contributed by atoms with van der Waals surface area (Å²) in [5.41, 5.74) is 8.83. The molecule has 182 valence electrons. The minimum absolute atomic E-state index is 0.102. The van der Waals surface area contributed by atoms with Gasteiger partial charge in [0, 0.05) is 28.7 Å². The molecule has 1 aromatic carbocycles. The molecule has 2 aromatic heterocycles. The van der Waals surface area contributed by atoms with Crippen LogP contribution < -0.4 is 15.2 Å². The number of piperidine rings is 1. The number of likely N-dealkylation sites (tertiary alicyclic amines) is 1. The van der Waals surface area contributed by atoms with Crippen LogP contribution in [0.5, 0.6) is 11.5 Å². The lowest BCUT2D eigenvalue weighted by Gasteiger charge is -2.26. The molecule has 3 aromatic rings. The van der Waals surface area contributed by atoms with Gasteiger partial charge in [-0.1, -0.05) is 18.2 Å². The first kappa shape index (κ1) is 24.8. The van der Waals surface area contributed by atoms with Gasteiger partial charge in [-0.2, -0.15) is 0 Å². The minimum atomic E-state index is 0.102. The van der Waals surface area contributed by atoms with Gasteiger partial charge in [0.25, 0.3) is 0 Å². The predicted molar refractivity (Wildman–Crippen MR) is 140 cm³/mol. The van der Waals surface area contributed by atoms with Crippen molar-refractivity contribution in [3.05, 3.63) is 40.5 Å². The van der Waals surface area contributed by atoms with E-state index in [0.717, 1.165) is 53.1 Å². The Morgan fingerprint density at radius 3 is 2.62 bits per heavy atom. The fourth-order valence-corrected chi connectivity index (χ4v) is 6.22. The van der Waals surface area contributed by atoms with E-state index in [1.54, 1.807) is 36.3 Å². The largest absolute Gasteiger partial charge is 0.493 e. The van der Waals surface area contributed by atoms with Crippen molar-refractivity contribution in [2.75, 3.05) is 39.1 Å². The maximum Gasteiger partial charge on any atom is 0.190 e. The van der Waals surface area contributed by atoms with Crippen LogP contribution in [0.25, 0.3) is 10.6 Å². The highest BCUT2D eigenvalue weighted by Crippen LogP contribution is 2.40. The molecule has 4 rings (SSSR count). The molecule has 1 fully saturated rings. The van der Waals surface area contributed by atoms with E-state index in [2.05, 4.69) is 28.7 Å². The molecule has 1 saturated heterocycles. The summed E-state index contributed by atoms with van der Waals surface area (Å²) in [6, 6.07) is 7.82. The number of aryl methyl sites for hydroxylation is 2. The third-order valence-corrected chi connectivity index (χ3v) is 7.88. The zero-order valence-electron chi connectivity index (χ0n) is 20.3. The minimum Gasteiger partial charge on any atom is -0.493 e. The normalized spacial score (nSPS) is 15.3. The molecule has 1 aliphatic rings. The zero-order valence-corrected chi connectivity index (χ0v) is 22.0. The van der Waals surface area contributed by atoms with Crippen LogP contribution in [0, 0.1) is 13.8 Å². The van der Waals surface area contributed by atoms with E-state index in [1.807, 2.05) is 25.1 Å². The summed E-state index contributed by atoms with van der Waals surface area (Å²) in [7, 11) is 1.68. The maximum atomic E-state index is 6.16. The Morgan fingerprint density at radius 1 is 1.09 bits per heavy atom. The van der Waals surface area contributed by atoms with Crippen LogP contribution in [0.3, 0.4) is 0 Å². The highest BCUT2D eigenvalue weighted by molar-refractivity contribution is 7.99. The number of thiazole rings is 1. The lowest BCUT2D eigenvalue weighted by Crippen LogP contribution is -2.33. The standard InChI is InChI=1S/C25H33N5O2S2/c1-16-14-22(26)28-25(27-16)34-18(3)23-17(2)33-24(29-23)19-8-9-20(31-4)21(15-19)32-13-12-30-10-6-5-7-11-30/h8-9,14-15,18H,5-7,10-13H2,1-4H3,(H2,26,27,28). The molecule has 9 heteroatoms. The fourth-order valence-electron chi connectivity index (χ4n) is 4.13. The summed E-state index contributed by atoms with van der Waals surface area (Å²) in [6.45, 7) is 10.1. The van der Waals surface area contributed by atoms with E-state index < -0.39 is 0 Å². The highest BCUT2D eigenvalue weighted by Gasteiger charge is 2.19. The summed E-state index contributed by atoms with van der Waals surface area (Å²) >= 11 is 3.26. The number of thioether (sulfide) groups is 1. The Balaban J connectivity index is 1.48. The third kappa shape index (κ3) is 6.20. The lowest BCUT2D eigenvalue weighted by molar-refractivity contribution is 0.180. The average molecular weight is 500 g/mol. The van der Waals surface area contributed by atoms with E-state index in [9.17, 15) is 0 Å². The summed E-state index contributed by atoms with van der Waals surface area (Å²) in [5.74, 6) is 2.00. The summed E-state index contributed by atoms with van der Waals surface area (Å²) < 4.78 is 11.7. The van der Waals surface area contributed by atoms with Crippen molar-refractivity contribution in [2.45, 2.75) is 50.4 Å². The monoisotopic (exact) mass is 499 g/mol. The van der Waals surface area contributed by atoms with Crippen LogP contribution in [-0.2, 0) is 0 Å². The van der Waals surface area contributed by atoms with Gasteiger partial charge in [-0.15, -0.1) is 11.3 Å². The number of hydrogen-bond donors (Lipinski definition) is 1. The van der Waals surface area contributed by atoms with Crippen molar-refractivity contribution in [1.29, 1.82) is 0 Å². The second kappa shape index (κ2) is 11.4. The smallest absolute Gasteiger partial charge is 0.190 e. The summed E-state index contributed by atoms with van der Waals surface area (Å²) in [5, 5.41) is 1.74. The molecule has 0 radical (unpaired) electrons. The second-order valence-electron chi connectivity index (χ2n) is 8.55. The van der Waals surface area contributed by atoms with E-state index >= 15 is 0 Å². The predicted octanol–water partition coefficient (Wildman–Crippen LogP) is 5.53. The van der Waals surface area contributed by atoms with Crippen molar-refractivity contribution >= 4 is 28.9 Å². The van der Waals surface area contributed by atoms with E-state index in [1.165, 1.54) is 24.1 Å². The number of nitrogens with zero attached hydrogens (tertiary/aromatic N) is 4. The van der Waals surface area contributed by atoms with Crippen LogP contribution in [-0.4, -0.2) is 53.2 Å². The number of methoxy groups -OCH3 is 1. The molecule has 0 amide bonds. The quantitative estimate of drug-likeness (QED) is 0.304. The first-order valence-electron chi connectivity index (χ1n) is 11.7. The maximum absolute atomic E-state index is 6.16. The second-order valence-corrected chi connectivity index (χ2v) is 11.1. The van der Waals surface area contributed by atoms with Gasteiger partial charge in [-0.3, -0.25) is 4.90 Å². The summed E-state index contributed by atoms with van der Waals surface area (Å²) in [6.07, 6.45) is 3.90. The Bertz CT molecular complexity index is 1090. The van der Waals surface area contributed by atoms with Crippen LogP contribution in [0.2, 0.25) is 0 Å². The fraction of sp³-hybridized carbons (Fsp3) is 0.480.